The Morgan fingerprint density at radius 3 is 2.40 bits per heavy atom. The minimum Gasteiger partial charge on any atom is -0.508 e. The Bertz CT molecular complexity index is 354. The highest BCUT2D eigenvalue weighted by Gasteiger charge is 2.22. The standard InChI is InChI=1S/C10H13ClO4/c1-5-7(12)3-2-6(9(5)14)10(15)8(13)4-11/h2-3,8,10,12-15H,4H2,1H3. The van der Waals surface area contributed by atoms with Crippen molar-refractivity contribution < 1.29 is 20.4 Å². The third kappa shape index (κ3) is 2.34. The van der Waals surface area contributed by atoms with Crippen LogP contribution in [0.25, 0.3) is 0 Å². The van der Waals surface area contributed by atoms with Gasteiger partial charge in [0.15, 0.2) is 0 Å². The summed E-state index contributed by atoms with van der Waals surface area (Å²) in [5, 5.41) is 37.8. The Kier molecular flexibility index (Phi) is 3.79. The Labute approximate surface area is 92.4 Å². The lowest BCUT2D eigenvalue weighted by molar-refractivity contribution is 0.0311. The Morgan fingerprint density at radius 2 is 1.87 bits per heavy atom. The van der Waals surface area contributed by atoms with Gasteiger partial charge < -0.3 is 20.4 Å². The van der Waals surface area contributed by atoms with Gasteiger partial charge in [-0.3, -0.25) is 0 Å². The van der Waals surface area contributed by atoms with Crippen LogP contribution in [0.15, 0.2) is 12.1 Å². The van der Waals surface area contributed by atoms with E-state index < -0.39 is 12.2 Å². The molecule has 0 heterocycles. The Morgan fingerprint density at radius 1 is 1.27 bits per heavy atom. The van der Waals surface area contributed by atoms with Gasteiger partial charge in [0.25, 0.3) is 0 Å². The molecule has 0 saturated heterocycles. The SMILES string of the molecule is Cc1c(O)ccc(C(O)C(O)CCl)c1O. The molecule has 0 aliphatic heterocycles. The Hall–Kier alpha value is -0.970. The molecule has 1 aromatic carbocycles. The lowest BCUT2D eigenvalue weighted by Gasteiger charge is -2.18. The van der Waals surface area contributed by atoms with Crippen molar-refractivity contribution in [1.29, 1.82) is 0 Å². The first-order valence-corrected chi connectivity index (χ1v) is 4.96. The predicted octanol–water partition coefficient (Wildman–Crippen LogP) is 1.04. The molecule has 0 amide bonds. The van der Waals surface area contributed by atoms with Crippen LogP contribution >= 0.6 is 11.6 Å². The Balaban J connectivity index is 3.10. The highest BCUT2D eigenvalue weighted by Crippen LogP contribution is 2.34. The number of hydrogen-bond donors (Lipinski definition) is 4. The van der Waals surface area contributed by atoms with Crippen LogP contribution in [0.2, 0.25) is 0 Å². The summed E-state index contributed by atoms with van der Waals surface area (Å²) in [6, 6.07) is 2.69. The van der Waals surface area contributed by atoms with E-state index in [1.54, 1.807) is 0 Å². The number of aromatic hydroxyl groups is 2. The average molecular weight is 233 g/mol. The molecule has 0 saturated carbocycles. The largest absolute Gasteiger partial charge is 0.508 e. The maximum atomic E-state index is 9.62. The molecule has 2 atom stereocenters. The van der Waals surface area contributed by atoms with Crippen molar-refractivity contribution in [3.63, 3.8) is 0 Å². The van der Waals surface area contributed by atoms with Crippen molar-refractivity contribution in [1.82, 2.24) is 0 Å². The third-order valence-electron chi connectivity index (χ3n) is 2.27. The van der Waals surface area contributed by atoms with E-state index in [2.05, 4.69) is 0 Å². The number of hydrogen-bond acceptors (Lipinski definition) is 4. The normalized spacial score (nSPS) is 14.9. The van der Waals surface area contributed by atoms with Crippen LogP contribution in [0.5, 0.6) is 11.5 Å². The quantitative estimate of drug-likeness (QED) is 0.587. The molecule has 0 radical (unpaired) electrons. The van der Waals surface area contributed by atoms with E-state index >= 15 is 0 Å². The van der Waals surface area contributed by atoms with E-state index in [-0.39, 0.29) is 28.5 Å². The first kappa shape index (κ1) is 12.1. The molecule has 84 valence electrons. The topological polar surface area (TPSA) is 80.9 Å². The fraction of sp³-hybridized carbons (Fsp3) is 0.400. The minimum atomic E-state index is -1.26. The van der Waals surface area contributed by atoms with Crippen molar-refractivity contribution in [2.45, 2.75) is 19.1 Å². The van der Waals surface area contributed by atoms with Gasteiger partial charge in [0.2, 0.25) is 0 Å². The fourth-order valence-corrected chi connectivity index (χ4v) is 1.41. The molecule has 4 N–H and O–H groups in total. The van der Waals surface area contributed by atoms with Gasteiger partial charge in [0.05, 0.1) is 12.0 Å². The number of halogens is 1. The molecule has 1 aromatic rings. The minimum absolute atomic E-state index is 0.0659. The summed E-state index contributed by atoms with van der Waals surface area (Å²) >= 11 is 5.38. The molecule has 2 unspecified atom stereocenters. The second-order valence-corrected chi connectivity index (χ2v) is 3.62. The molecular formula is C10H13ClO4. The van der Waals surface area contributed by atoms with E-state index in [1.807, 2.05) is 0 Å². The van der Waals surface area contributed by atoms with E-state index in [0.29, 0.717) is 0 Å². The number of rotatable bonds is 3. The molecule has 15 heavy (non-hydrogen) atoms. The molecule has 0 aliphatic rings. The predicted molar refractivity (Wildman–Crippen MR) is 56.2 cm³/mol. The van der Waals surface area contributed by atoms with Crippen LogP contribution in [0.1, 0.15) is 17.2 Å². The molecule has 0 aliphatic carbocycles. The van der Waals surface area contributed by atoms with E-state index in [0.717, 1.165) is 0 Å². The number of aliphatic hydroxyl groups is 2. The monoisotopic (exact) mass is 232 g/mol. The smallest absolute Gasteiger partial charge is 0.128 e. The zero-order valence-corrected chi connectivity index (χ0v) is 8.94. The first-order chi connectivity index (χ1) is 6.99. The van der Waals surface area contributed by atoms with Crippen LogP contribution in [-0.2, 0) is 0 Å². The molecule has 5 heteroatoms. The number of aliphatic hydroxyl groups excluding tert-OH is 2. The summed E-state index contributed by atoms with van der Waals surface area (Å²) in [6.07, 6.45) is -2.41. The van der Waals surface area contributed by atoms with Crippen molar-refractivity contribution in [3.8, 4) is 11.5 Å². The van der Waals surface area contributed by atoms with Gasteiger partial charge in [0, 0.05) is 11.1 Å². The van der Waals surface area contributed by atoms with Crippen LogP contribution < -0.4 is 0 Å². The summed E-state index contributed by atoms with van der Waals surface area (Å²) in [4.78, 5) is 0. The van der Waals surface area contributed by atoms with Crippen LogP contribution in [0.3, 0.4) is 0 Å². The molecule has 0 aromatic heterocycles. The summed E-state index contributed by atoms with van der Waals surface area (Å²) in [6.45, 7) is 1.51. The molecule has 4 nitrogen and oxygen atoms in total. The van der Waals surface area contributed by atoms with Gasteiger partial charge >= 0.3 is 0 Å². The molecule has 0 spiro atoms. The van der Waals surface area contributed by atoms with Gasteiger partial charge in [0.1, 0.15) is 17.6 Å². The van der Waals surface area contributed by atoms with Gasteiger partial charge in [-0.05, 0) is 19.1 Å². The molecule has 0 fully saturated rings. The number of benzene rings is 1. The number of phenols is 2. The van der Waals surface area contributed by atoms with Crippen LogP contribution in [0, 0.1) is 6.92 Å². The number of alkyl halides is 1. The highest BCUT2D eigenvalue weighted by atomic mass is 35.5. The first-order valence-electron chi connectivity index (χ1n) is 4.42. The maximum Gasteiger partial charge on any atom is 0.128 e. The zero-order chi connectivity index (χ0) is 11.6. The summed E-state index contributed by atoms with van der Waals surface area (Å²) in [5.74, 6) is -0.434. The fourth-order valence-electron chi connectivity index (χ4n) is 1.24. The van der Waals surface area contributed by atoms with E-state index in [1.165, 1.54) is 19.1 Å². The van der Waals surface area contributed by atoms with E-state index in [4.69, 9.17) is 11.6 Å². The zero-order valence-electron chi connectivity index (χ0n) is 8.18. The lowest BCUT2D eigenvalue weighted by Crippen LogP contribution is -2.19. The third-order valence-corrected chi connectivity index (χ3v) is 2.59. The molecule has 1 rings (SSSR count). The summed E-state index contributed by atoms with van der Waals surface area (Å²) < 4.78 is 0. The molecular weight excluding hydrogens is 220 g/mol. The summed E-state index contributed by atoms with van der Waals surface area (Å²) in [7, 11) is 0. The molecule has 0 bridgehead atoms. The second-order valence-electron chi connectivity index (χ2n) is 3.31. The average Bonchev–Trinajstić information content (AvgIpc) is 2.24. The number of phenolic OH excluding ortho intramolecular Hbond substituents is 2. The van der Waals surface area contributed by atoms with Gasteiger partial charge in [-0.2, -0.15) is 0 Å². The lowest BCUT2D eigenvalue weighted by atomic mass is 10.0. The van der Waals surface area contributed by atoms with E-state index in [9.17, 15) is 20.4 Å². The van der Waals surface area contributed by atoms with Crippen molar-refractivity contribution in [2.24, 2.45) is 0 Å². The van der Waals surface area contributed by atoms with Crippen LogP contribution in [0.4, 0.5) is 0 Å². The van der Waals surface area contributed by atoms with Crippen LogP contribution in [-0.4, -0.2) is 32.4 Å². The summed E-state index contributed by atoms with van der Waals surface area (Å²) in [5.41, 5.74) is 0.409. The van der Waals surface area contributed by atoms with Crippen molar-refractivity contribution >= 4 is 11.6 Å². The van der Waals surface area contributed by atoms with Crippen molar-refractivity contribution in [2.75, 3.05) is 5.88 Å². The highest BCUT2D eigenvalue weighted by molar-refractivity contribution is 6.18. The van der Waals surface area contributed by atoms with Gasteiger partial charge in [-0.25, -0.2) is 0 Å². The van der Waals surface area contributed by atoms with Crippen molar-refractivity contribution in [3.05, 3.63) is 23.3 Å². The van der Waals surface area contributed by atoms with Gasteiger partial charge in [-0.15, -0.1) is 11.6 Å². The second kappa shape index (κ2) is 4.70. The van der Waals surface area contributed by atoms with Gasteiger partial charge in [-0.1, -0.05) is 0 Å². The maximum absolute atomic E-state index is 9.62.